The van der Waals surface area contributed by atoms with Crippen LogP contribution < -0.4 is 0 Å². The van der Waals surface area contributed by atoms with Crippen molar-refractivity contribution in [3.63, 3.8) is 0 Å². The van der Waals surface area contributed by atoms with Crippen molar-refractivity contribution in [3.8, 4) is 0 Å². The van der Waals surface area contributed by atoms with E-state index in [4.69, 9.17) is 9.47 Å². The first-order valence-electron chi connectivity index (χ1n) is 5.58. The summed E-state index contributed by atoms with van der Waals surface area (Å²) in [6.45, 7) is 7.08. The Hall–Kier alpha value is -0.680. The van der Waals surface area contributed by atoms with E-state index in [1.54, 1.807) is 6.08 Å². The van der Waals surface area contributed by atoms with Gasteiger partial charge >= 0.3 is 0 Å². The van der Waals surface area contributed by atoms with Crippen LogP contribution >= 0.6 is 0 Å². The average molecular weight is 226 g/mol. The van der Waals surface area contributed by atoms with E-state index in [-0.39, 0.29) is 24.4 Å². The van der Waals surface area contributed by atoms with Crippen LogP contribution in [0.5, 0.6) is 0 Å². The van der Waals surface area contributed by atoms with Gasteiger partial charge in [-0.15, -0.1) is 13.2 Å². The Kier molecular flexibility index (Phi) is 3.44. The summed E-state index contributed by atoms with van der Waals surface area (Å²) in [6, 6.07) is 0. The normalized spacial score (nSPS) is 39.9. The van der Waals surface area contributed by atoms with E-state index < -0.39 is 12.2 Å². The van der Waals surface area contributed by atoms with Gasteiger partial charge in [0.25, 0.3) is 0 Å². The summed E-state index contributed by atoms with van der Waals surface area (Å²) in [7, 11) is 0. The molecule has 2 saturated heterocycles. The molecule has 4 heteroatoms. The van der Waals surface area contributed by atoms with Crippen LogP contribution in [0.3, 0.4) is 0 Å². The van der Waals surface area contributed by atoms with Gasteiger partial charge in [-0.25, -0.2) is 0 Å². The largest absolute Gasteiger partial charge is 0.390 e. The van der Waals surface area contributed by atoms with Crippen molar-refractivity contribution >= 4 is 0 Å². The Morgan fingerprint density at radius 3 is 2.56 bits per heavy atom. The first kappa shape index (κ1) is 11.8. The molecule has 2 heterocycles. The first-order chi connectivity index (χ1) is 7.67. The summed E-state index contributed by atoms with van der Waals surface area (Å²) < 4.78 is 10.8. The van der Waals surface area contributed by atoms with Gasteiger partial charge in [-0.05, 0) is 6.42 Å². The highest BCUT2D eigenvalue weighted by Crippen LogP contribution is 2.42. The Morgan fingerprint density at radius 2 is 1.94 bits per heavy atom. The van der Waals surface area contributed by atoms with Crippen molar-refractivity contribution in [1.82, 2.24) is 0 Å². The van der Waals surface area contributed by atoms with Crippen molar-refractivity contribution in [2.75, 3.05) is 0 Å². The number of hydrogen-bond acceptors (Lipinski definition) is 4. The van der Waals surface area contributed by atoms with Gasteiger partial charge < -0.3 is 19.7 Å². The second kappa shape index (κ2) is 4.67. The maximum absolute atomic E-state index is 9.63. The zero-order valence-electron chi connectivity index (χ0n) is 9.16. The lowest BCUT2D eigenvalue weighted by atomic mass is 10.1. The fourth-order valence-corrected chi connectivity index (χ4v) is 1.98. The number of rotatable bonds is 7. The Balaban J connectivity index is 1.70. The lowest BCUT2D eigenvalue weighted by molar-refractivity contribution is 0.138. The van der Waals surface area contributed by atoms with E-state index in [0.29, 0.717) is 12.8 Å². The number of ether oxygens (including phenoxy) is 2. The lowest BCUT2D eigenvalue weighted by Crippen LogP contribution is -2.19. The molecule has 0 aromatic carbocycles. The summed E-state index contributed by atoms with van der Waals surface area (Å²) in [6.07, 6.45) is 3.17. The van der Waals surface area contributed by atoms with Gasteiger partial charge in [-0.1, -0.05) is 12.2 Å². The summed E-state index contributed by atoms with van der Waals surface area (Å²) in [5, 5.41) is 19.0. The van der Waals surface area contributed by atoms with Gasteiger partial charge in [0.1, 0.15) is 18.3 Å². The third-order valence-electron chi connectivity index (χ3n) is 3.04. The third kappa shape index (κ3) is 2.52. The number of hydrogen-bond donors (Lipinski definition) is 2. The fourth-order valence-electron chi connectivity index (χ4n) is 1.98. The van der Waals surface area contributed by atoms with Crippen molar-refractivity contribution in [2.24, 2.45) is 0 Å². The van der Waals surface area contributed by atoms with Crippen LogP contribution in [0, 0.1) is 0 Å². The summed E-state index contributed by atoms with van der Waals surface area (Å²) in [5.74, 6) is 0. The van der Waals surface area contributed by atoms with Crippen LogP contribution in [0.2, 0.25) is 0 Å². The predicted octanol–water partition coefficient (Wildman–Crippen LogP) is 0.395. The van der Waals surface area contributed by atoms with E-state index in [1.807, 2.05) is 0 Å². The highest BCUT2D eigenvalue weighted by atomic mass is 16.7. The summed E-state index contributed by atoms with van der Waals surface area (Å²) >= 11 is 0. The molecule has 2 N–H and O–H groups in total. The Bertz CT molecular complexity index is 278. The average Bonchev–Trinajstić information content (AvgIpc) is 3.10. The molecule has 0 amide bonds. The topological polar surface area (TPSA) is 65.5 Å². The molecule has 4 nitrogen and oxygen atoms in total. The van der Waals surface area contributed by atoms with Crippen LogP contribution in [-0.2, 0) is 9.47 Å². The Morgan fingerprint density at radius 1 is 1.19 bits per heavy atom. The van der Waals surface area contributed by atoms with E-state index in [1.165, 1.54) is 6.08 Å². The minimum atomic E-state index is -0.523. The molecule has 6 atom stereocenters. The zero-order valence-corrected chi connectivity index (χ0v) is 9.16. The monoisotopic (exact) mass is 226 g/mol. The predicted molar refractivity (Wildman–Crippen MR) is 59.0 cm³/mol. The van der Waals surface area contributed by atoms with Gasteiger partial charge in [0.2, 0.25) is 0 Å². The Labute approximate surface area is 95.2 Å². The molecule has 0 unspecified atom stereocenters. The van der Waals surface area contributed by atoms with Gasteiger partial charge in [-0.3, -0.25) is 0 Å². The van der Waals surface area contributed by atoms with Crippen molar-refractivity contribution in [1.29, 1.82) is 0 Å². The van der Waals surface area contributed by atoms with E-state index >= 15 is 0 Å². The minimum absolute atomic E-state index is 0.0167. The molecule has 2 aliphatic heterocycles. The number of epoxide rings is 2. The molecule has 0 bridgehead atoms. The first-order valence-corrected chi connectivity index (χ1v) is 5.58. The molecule has 2 fully saturated rings. The van der Waals surface area contributed by atoms with Gasteiger partial charge in [0, 0.05) is 6.42 Å². The molecule has 0 aromatic rings. The van der Waals surface area contributed by atoms with Crippen molar-refractivity contribution in [2.45, 2.75) is 49.5 Å². The molecule has 0 saturated carbocycles. The molecule has 90 valence electrons. The van der Waals surface area contributed by atoms with Crippen LogP contribution in [0.4, 0.5) is 0 Å². The quantitative estimate of drug-likeness (QED) is 0.487. The van der Waals surface area contributed by atoms with Crippen molar-refractivity contribution in [3.05, 3.63) is 25.3 Å². The smallest absolute Gasteiger partial charge is 0.116 e. The molecule has 0 radical (unpaired) electrons. The third-order valence-corrected chi connectivity index (χ3v) is 3.04. The maximum Gasteiger partial charge on any atom is 0.116 e. The molecule has 16 heavy (non-hydrogen) atoms. The lowest BCUT2D eigenvalue weighted by Gasteiger charge is -2.02. The van der Waals surface area contributed by atoms with Crippen LogP contribution in [0.25, 0.3) is 0 Å². The molecule has 0 aliphatic carbocycles. The van der Waals surface area contributed by atoms with E-state index in [9.17, 15) is 10.2 Å². The summed E-state index contributed by atoms with van der Waals surface area (Å²) in [4.78, 5) is 0. The van der Waals surface area contributed by atoms with Gasteiger partial charge in [0.05, 0.1) is 18.3 Å². The second-order valence-corrected chi connectivity index (χ2v) is 4.33. The van der Waals surface area contributed by atoms with Crippen LogP contribution in [-0.4, -0.2) is 46.8 Å². The van der Waals surface area contributed by atoms with Crippen molar-refractivity contribution < 1.29 is 19.7 Å². The van der Waals surface area contributed by atoms with Gasteiger partial charge in [0.15, 0.2) is 0 Å². The van der Waals surface area contributed by atoms with Crippen LogP contribution in [0.1, 0.15) is 12.8 Å². The van der Waals surface area contributed by atoms with E-state index in [2.05, 4.69) is 13.2 Å². The standard InChI is InChI=1S/C12H18O4/c1-3-5-8(14)10-12(16-10)11-9(15-11)6-7(13)4-2/h3-4,7-14H,1-2,5-6H2/t7-,8+,9-,10+,11-,12-/m1/s1. The molecular formula is C12H18O4. The number of aliphatic hydroxyl groups excluding tert-OH is 2. The highest BCUT2D eigenvalue weighted by molar-refractivity contribution is 5.06. The highest BCUT2D eigenvalue weighted by Gasteiger charge is 2.59. The molecule has 2 aliphatic rings. The molecule has 0 aromatic heterocycles. The SMILES string of the molecule is C=CC[C@H](O)[C@@H]1O[C@H]1[C@@H]1O[C@@H]1C[C@H](O)C=C. The van der Waals surface area contributed by atoms with Crippen LogP contribution in [0.15, 0.2) is 25.3 Å². The molecule has 2 rings (SSSR count). The minimum Gasteiger partial charge on any atom is -0.390 e. The van der Waals surface area contributed by atoms with Gasteiger partial charge in [-0.2, -0.15) is 0 Å². The van der Waals surface area contributed by atoms with E-state index in [0.717, 1.165) is 0 Å². The zero-order chi connectivity index (χ0) is 11.7. The number of aliphatic hydroxyl groups is 2. The second-order valence-electron chi connectivity index (χ2n) is 4.33. The molecular weight excluding hydrogens is 208 g/mol. The summed E-state index contributed by atoms with van der Waals surface area (Å²) in [5.41, 5.74) is 0. The maximum atomic E-state index is 9.63. The molecule has 0 spiro atoms. The fraction of sp³-hybridized carbons (Fsp3) is 0.667.